The summed E-state index contributed by atoms with van der Waals surface area (Å²) in [5.74, 6) is 0.952. The summed E-state index contributed by atoms with van der Waals surface area (Å²) in [6.07, 6.45) is 0. The number of hydrogen-bond donors (Lipinski definition) is 2. The number of nitrogens with zero attached hydrogens (tertiary/aromatic N) is 2. The first-order valence-electron chi connectivity index (χ1n) is 8.11. The van der Waals surface area contributed by atoms with Gasteiger partial charge < -0.3 is 10.7 Å². The van der Waals surface area contributed by atoms with Crippen molar-refractivity contribution >= 4 is 11.0 Å². The lowest BCUT2D eigenvalue weighted by Gasteiger charge is -2.29. The van der Waals surface area contributed by atoms with Gasteiger partial charge in [0.25, 0.3) is 0 Å². The molecule has 0 aliphatic heterocycles. The van der Waals surface area contributed by atoms with Crippen molar-refractivity contribution in [1.82, 2.24) is 14.9 Å². The van der Waals surface area contributed by atoms with Gasteiger partial charge in [0, 0.05) is 25.7 Å². The third kappa shape index (κ3) is 3.60. The summed E-state index contributed by atoms with van der Waals surface area (Å²) in [6, 6.07) is 17.3. The van der Waals surface area contributed by atoms with E-state index in [0.29, 0.717) is 12.6 Å². The fourth-order valence-electron chi connectivity index (χ4n) is 3.01. The van der Waals surface area contributed by atoms with E-state index < -0.39 is 0 Å². The molecular formula is C19H24N4. The van der Waals surface area contributed by atoms with Crippen LogP contribution in [0.3, 0.4) is 0 Å². The van der Waals surface area contributed by atoms with E-state index in [1.54, 1.807) is 0 Å². The maximum atomic E-state index is 5.83. The molecule has 0 aliphatic rings. The topological polar surface area (TPSA) is 57.9 Å². The van der Waals surface area contributed by atoms with E-state index in [1.165, 1.54) is 11.1 Å². The van der Waals surface area contributed by atoms with Crippen molar-refractivity contribution in [3.8, 4) is 0 Å². The average Bonchev–Trinajstić information content (AvgIpc) is 2.94. The largest absolute Gasteiger partial charge is 0.342 e. The summed E-state index contributed by atoms with van der Waals surface area (Å²) < 4.78 is 0. The Bertz CT molecular complexity index is 763. The molecule has 0 aliphatic carbocycles. The molecule has 23 heavy (non-hydrogen) atoms. The quantitative estimate of drug-likeness (QED) is 0.734. The first kappa shape index (κ1) is 15.7. The molecule has 4 heteroatoms. The molecule has 3 N–H and O–H groups in total. The van der Waals surface area contributed by atoms with E-state index in [2.05, 4.69) is 64.3 Å². The molecule has 1 heterocycles. The smallest absolute Gasteiger partial charge is 0.104 e. The maximum Gasteiger partial charge on any atom is 0.104 e. The van der Waals surface area contributed by atoms with Crippen molar-refractivity contribution < 1.29 is 0 Å². The molecule has 3 aromatic rings. The van der Waals surface area contributed by atoms with E-state index in [-0.39, 0.29) is 0 Å². The van der Waals surface area contributed by atoms with Crippen molar-refractivity contribution in [3.63, 3.8) is 0 Å². The monoisotopic (exact) mass is 308 g/mol. The van der Waals surface area contributed by atoms with Crippen LogP contribution in [-0.2, 0) is 6.54 Å². The average molecular weight is 308 g/mol. The summed E-state index contributed by atoms with van der Waals surface area (Å²) in [4.78, 5) is 10.2. The highest BCUT2D eigenvalue weighted by Crippen LogP contribution is 2.25. The van der Waals surface area contributed by atoms with Gasteiger partial charge in [0.05, 0.1) is 11.0 Å². The van der Waals surface area contributed by atoms with E-state index in [9.17, 15) is 0 Å². The standard InChI is InChI=1S/C19H24N4/c1-14(17-8-9-18-19(12-17)22-15(2)21-18)23(11-10-20)13-16-6-4-3-5-7-16/h3-9,12,14H,10-11,13,20H2,1-2H3,(H,21,22). The van der Waals surface area contributed by atoms with Crippen LogP contribution in [0.15, 0.2) is 48.5 Å². The van der Waals surface area contributed by atoms with Crippen LogP contribution in [0.2, 0.25) is 0 Å². The van der Waals surface area contributed by atoms with Gasteiger partial charge in [-0.15, -0.1) is 0 Å². The van der Waals surface area contributed by atoms with Gasteiger partial charge in [0.2, 0.25) is 0 Å². The number of rotatable bonds is 6. The zero-order chi connectivity index (χ0) is 16.2. The van der Waals surface area contributed by atoms with Crippen molar-refractivity contribution in [2.24, 2.45) is 5.73 Å². The molecule has 2 aromatic carbocycles. The van der Waals surface area contributed by atoms with Crippen LogP contribution in [0.5, 0.6) is 0 Å². The van der Waals surface area contributed by atoms with Gasteiger partial charge >= 0.3 is 0 Å². The first-order chi connectivity index (χ1) is 11.2. The van der Waals surface area contributed by atoms with E-state index >= 15 is 0 Å². The highest BCUT2D eigenvalue weighted by atomic mass is 15.2. The summed E-state index contributed by atoms with van der Waals surface area (Å²) in [5, 5.41) is 0. The Labute approximate surface area is 137 Å². The molecule has 1 atom stereocenters. The summed E-state index contributed by atoms with van der Waals surface area (Å²) in [5.41, 5.74) is 10.5. The zero-order valence-corrected chi connectivity index (χ0v) is 13.8. The van der Waals surface area contributed by atoms with Crippen molar-refractivity contribution in [3.05, 3.63) is 65.5 Å². The van der Waals surface area contributed by atoms with Crippen molar-refractivity contribution in [2.75, 3.05) is 13.1 Å². The second kappa shape index (κ2) is 6.94. The minimum atomic E-state index is 0.292. The summed E-state index contributed by atoms with van der Waals surface area (Å²) in [6.45, 7) is 6.64. The van der Waals surface area contributed by atoms with Gasteiger partial charge in [0.1, 0.15) is 5.82 Å². The van der Waals surface area contributed by atoms with Crippen LogP contribution in [0.25, 0.3) is 11.0 Å². The molecule has 120 valence electrons. The second-order valence-corrected chi connectivity index (χ2v) is 6.02. The fraction of sp³-hybridized carbons (Fsp3) is 0.316. The van der Waals surface area contributed by atoms with Gasteiger partial charge in [-0.3, -0.25) is 4.90 Å². The highest BCUT2D eigenvalue weighted by Gasteiger charge is 2.16. The molecule has 0 fully saturated rings. The Morgan fingerprint density at radius 2 is 1.96 bits per heavy atom. The highest BCUT2D eigenvalue weighted by molar-refractivity contribution is 5.75. The minimum absolute atomic E-state index is 0.292. The molecule has 1 aromatic heterocycles. The van der Waals surface area contributed by atoms with E-state index in [0.717, 1.165) is 29.9 Å². The maximum absolute atomic E-state index is 5.83. The molecule has 0 amide bonds. The molecule has 0 saturated heterocycles. The minimum Gasteiger partial charge on any atom is -0.342 e. The normalized spacial score (nSPS) is 12.9. The second-order valence-electron chi connectivity index (χ2n) is 6.02. The van der Waals surface area contributed by atoms with Gasteiger partial charge in [-0.05, 0) is 37.1 Å². The Kier molecular flexibility index (Phi) is 4.74. The number of hydrogen-bond acceptors (Lipinski definition) is 3. The number of nitrogens with one attached hydrogen (secondary N) is 1. The number of aromatic amines is 1. The first-order valence-corrected chi connectivity index (χ1v) is 8.11. The molecule has 0 spiro atoms. The molecule has 3 rings (SSSR count). The Morgan fingerprint density at radius 3 is 2.70 bits per heavy atom. The van der Waals surface area contributed by atoms with Gasteiger partial charge in [-0.2, -0.15) is 0 Å². The number of fused-ring (bicyclic) bond motifs is 1. The predicted molar refractivity (Wildman–Crippen MR) is 95.2 cm³/mol. The number of aromatic nitrogens is 2. The molecule has 0 bridgehead atoms. The summed E-state index contributed by atoms with van der Waals surface area (Å²) in [7, 11) is 0. The number of aryl methyl sites for hydroxylation is 1. The summed E-state index contributed by atoms with van der Waals surface area (Å²) >= 11 is 0. The molecule has 4 nitrogen and oxygen atoms in total. The fourth-order valence-corrected chi connectivity index (χ4v) is 3.01. The molecular weight excluding hydrogens is 284 g/mol. The van der Waals surface area contributed by atoms with Crippen molar-refractivity contribution in [1.29, 1.82) is 0 Å². The van der Waals surface area contributed by atoms with E-state index in [4.69, 9.17) is 5.73 Å². The number of nitrogens with two attached hydrogens (primary N) is 1. The zero-order valence-electron chi connectivity index (χ0n) is 13.8. The van der Waals surface area contributed by atoms with Crippen LogP contribution >= 0.6 is 0 Å². The lowest BCUT2D eigenvalue weighted by atomic mass is 10.0. The van der Waals surface area contributed by atoms with E-state index in [1.807, 2.05) is 13.0 Å². The van der Waals surface area contributed by atoms with Crippen molar-refractivity contribution in [2.45, 2.75) is 26.4 Å². The van der Waals surface area contributed by atoms with Crippen LogP contribution in [0.4, 0.5) is 0 Å². The Balaban J connectivity index is 1.84. The van der Waals surface area contributed by atoms with Gasteiger partial charge in [-0.1, -0.05) is 36.4 Å². The third-order valence-corrected chi connectivity index (χ3v) is 4.30. The lowest BCUT2D eigenvalue weighted by Crippen LogP contribution is -2.31. The Morgan fingerprint density at radius 1 is 1.17 bits per heavy atom. The number of H-pyrrole nitrogens is 1. The third-order valence-electron chi connectivity index (χ3n) is 4.30. The SMILES string of the molecule is Cc1nc2cc(C(C)N(CCN)Cc3ccccc3)ccc2[nH]1. The van der Waals surface area contributed by atoms with Crippen LogP contribution in [0.1, 0.15) is 29.9 Å². The van der Waals surface area contributed by atoms with Crippen LogP contribution in [-0.4, -0.2) is 28.0 Å². The Hall–Kier alpha value is -2.17. The van der Waals surface area contributed by atoms with Gasteiger partial charge in [-0.25, -0.2) is 4.98 Å². The predicted octanol–water partition coefficient (Wildman–Crippen LogP) is 3.39. The molecule has 1 unspecified atom stereocenters. The number of benzene rings is 2. The van der Waals surface area contributed by atoms with Gasteiger partial charge in [0.15, 0.2) is 0 Å². The molecule has 0 radical (unpaired) electrons. The van der Waals surface area contributed by atoms with Crippen LogP contribution in [0, 0.1) is 6.92 Å². The van der Waals surface area contributed by atoms with Crippen LogP contribution < -0.4 is 5.73 Å². The molecule has 0 saturated carbocycles. The number of imidazole rings is 1. The lowest BCUT2D eigenvalue weighted by molar-refractivity contribution is 0.207.